The number of carbonyl (C=O) groups is 1. The highest BCUT2D eigenvalue weighted by molar-refractivity contribution is 5.99. The summed E-state index contributed by atoms with van der Waals surface area (Å²) in [4.78, 5) is 23.4. The van der Waals surface area contributed by atoms with Gasteiger partial charge in [-0.05, 0) is 49.2 Å². The molecule has 0 radical (unpaired) electrons. The summed E-state index contributed by atoms with van der Waals surface area (Å²) in [5, 5.41) is 3.63. The van der Waals surface area contributed by atoms with Crippen molar-refractivity contribution in [2.75, 3.05) is 16.8 Å². The molecule has 0 bridgehead atoms. The van der Waals surface area contributed by atoms with Gasteiger partial charge in [0.15, 0.2) is 0 Å². The zero-order valence-corrected chi connectivity index (χ0v) is 15.2. The number of halogens is 3. The van der Waals surface area contributed by atoms with Crippen molar-refractivity contribution in [1.29, 1.82) is 0 Å². The molecular weight excluding hydrogens is 385 g/mol. The molecule has 1 N–H and O–H groups in total. The number of para-hydroxylation sites is 1. The van der Waals surface area contributed by atoms with Crippen LogP contribution in [0.5, 0.6) is 5.75 Å². The molecule has 2 heterocycles. The van der Waals surface area contributed by atoms with Crippen molar-refractivity contribution in [2.45, 2.75) is 25.2 Å². The first-order valence-electron chi connectivity index (χ1n) is 9.04. The number of nitrogens with zero attached hydrogens (tertiary/aromatic N) is 3. The number of ether oxygens (including phenoxy) is 1. The fourth-order valence-electron chi connectivity index (χ4n) is 3.48. The smallest absolute Gasteiger partial charge is 0.406 e. The number of hydrogen-bond acceptors (Lipinski definition) is 5. The minimum absolute atomic E-state index is 0.241. The Balaban J connectivity index is 1.51. The van der Waals surface area contributed by atoms with Gasteiger partial charge in [0.05, 0.1) is 5.52 Å². The highest BCUT2D eigenvalue weighted by Crippen LogP contribution is 2.30. The molecule has 150 valence electrons. The lowest BCUT2D eigenvalue weighted by molar-refractivity contribution is -0.274. The lowest BCUT2D eigenvalue weighted by Gasteiger charge is -2.25. The van der Waals surface area contributed by atoms with E-state index < -0.39 is 12.4 Å². The molecule has 1 saturated heterocycles. The van der Waals surface area contributed by atoms with E-state index in [0.717, 1.165) is 29.5 Å². The van der Waals surface area contributed by atoms with Gasteiger partial charge in [-0.2, -0.15) is 0 Å². The Morgan fingerprint density at radius 1 is 1.10 bits per heavy atom. The number of nitrogens with one attached hydrogen (secondary N) is 1. The van der Waals surface area contributed by atoms with Crippen molar-refractivity contribution in [3.63, 3.8) is 0 Å². The number of amides is 1. The van der Waals surface area contributed by atoms with Crippen molar-refractivity contribution < 1.29 is 22.7 Å². The van der Waals surface area contributed by atoms with Gasteiger partial charge in [0.25, 0.3) is 0 Å². The van der Waals surface area contributed by atoms with E-state index in [9.17, 15) is 18.0 Å². The van der Waals surface area contributed by atoms with Crippen LogP contribution in [0, 0.1) is 0 Å². The topological polar surface area (TPSA) is 67.3 Å². The summed E-state index contributed by atoms with van der Waals surface area (Å²) in [6.07, 6.45) is -1.80. The zero-order chi connectivity index (χ0) is 20.4. The first-order chi connectivity index (χ1) is 13.9. The second-order valence-corrected chi connectivity index (χ2v) is 6.63. The molecular formula is C20H17F3N4O2. The largest absolute Gasteiger partial charge is 0.573 e. The molecule has 0 unspecified atom stereocenters. The number of benzene rings is 2. The third-order valence-corrected chi connectivity index (χ3v) is 4.70. The third kappa shape index (κ3) is 4.23. The SMILES string of the molecule is O=C(Nc1ccc(OC(F)(F)F)cc1)[C@H]1CCCN1c1ncnc2ccccc12. The van der Waals surface area contributed by atoms with E-state index in [1.807, 2.05) is 29.2 Å². The van der Waals surface area contributed by atoms with Crippen LogP contribution in [-0.4, -0.2) is 34.8 Å². The number of alkyl halides is 3. The molecule has 1 aromatic heterocycles. The molecule has 1 atom stereocenters. The number of hydrogen-bond donors (Lipinski definition) is 1. The molecule has 9 heteroatoms. The minimum atomic E-state index is -4.75. The van der Waals surface area contributed by atoms with Crippen molar-refractivity contribution in [3.8, 4) is 5.75 Å². The highest BCUT2D eigenvalue weighted by atomic mass is 19.4. The summed E-state index contributed by atoms with van der Waals surface area (Å²) in [7, 11) is 0. The minimum Gasteiger partial charge on any atom is -0.406 e. The Morgan fingerprint density at radius 3 is 2.62 bits per heavy atom. The Hall–Kier alpha value is -3.36. The van der Waals surface area contributed by atoms with Crippen molar-refractivity contribution in [1.82, 2.24) is 9.97 Å². The predicted molar refractivity (Wildman–Crippen MR) is 102 cm³/mol. The fourth-order valence-corrected chi connectivity index (χ4v) is 3.48. The average molecular weight is 402 g/mol. The molecule has 0 aliphatic carbocycles. The maximum Gasteiger partial charge on any atom is 0.573 e. The van der Waals surface area contributed by atoms with E-state index in [2.05, 4.69) is 20.0 Å². The van der Waals surface area contributed by atoms with E-state index >= 15 is 0 Å². The number of carbonyl (C=O) groups excluding carboxylic acids is 1. The molecule has 1 amide bonds. The molecule has 0 spiro atoms. The molecule has 1 aliphatic rings. The van der Waals surface area contributed by atoms with E-state index in [0.29, 0.717) is 24.5 Å². The van der Waals surface area contributed by atoms with E-state index in [-0.39, 0.29) is 11.7 Å². The van der Waals surface area contributed by atoms with E-state index in [1.165, 1.54) is 18.5 Å². The van der Waals surface area contributed by atoms with Crippen LogP contribution in [0.15, 0.2) is 54.9 Å². The maximum atomic E-state index is 12.8. The predicted octanol–water partition coefficient (Wildman–Crippen LogP) is 4.14. The summed E-state index contributed by atoms with van der Waals surface area (Å²) in [5.74, 6) is 0.113. The second kappa shape index (κ2) is 7.57. The molecule has 3 aromatic rings. The zero-order valence-electron chi connectivity index (χ0n) is 15.2. The van der Waals surface area contributed by atoms with Crippen LogP contribution >= 0.6 is 0 Å². The van der Waals surface area contributed by atoms with Gasteiger partial charge >= 0.3 is 6.36 Å². The van der Waals surface area contributed by atoms with Crippen LogP contribution in [0.4, 0.5) is 24.7 Å². The summed E-state index contributed by atoms with van der Waals surface area (Å²) in [6.45, 7) is 0.678. The third-order valence-electron chi connectivity index (χ3n) is 4.70. The van der Waals surface area contributed by atoms with Crippen LogP contribution in [0.25, 0.3) is 10.9 Å². The van der Waals surface area contributed by atoms with Crippen LogP contribution in [0.2, 0.25) is 0 Å². The van der Waals surface area contributed by atoms with Gasteiger partial charge in [-0.1, -0.05) is 12.1 Å². The van der Waals surface area contributed by atoms with Gasteiger partial charge in [0.2, 0.25) is 5.91 Å². The van der Waals surface area contributed by atoms with Crippen LogP contribution in [-0.2, 0) is 4.79 Å². The average Bonchev–Trinajstić information content (AvgIpc) is 3.18. The van der Waals surface area contributed by atoms with Gasteiger partial charge in [0.1, 0.15) is 23.9 Å². The van der Waals surface area contributed by atoms with Crippen LogP contribution < -0.4 is 15.0 Å². The second-order valence-electron chi connectivity index (χ2n) is 6.63. The quantitative estimate of drug-likeness (QED) is 0.711. The number of fused-ring (bicyclic) bond motifs is 1. The Bertz CT molecular complexity index is 1020. The molecule has 0 saturated carbocycles. The molecule has 6 nitrogen and oxygen atoms in total. The maximum absolute atomic E-state index is 12.8. The van der Waals surface area contributed by atoms with Gasteiger partial charge in [-0.15, -0.1) is 13.2 Å². The van der Waals surface area contributed by atoms with E-state index in [4.69, 9.17) is 0 Å². The van der Waals surface area contributed by atoms with Gasteiger partial charge in [0, 0.05) is 17.6 Å². The Kier molecular flexibility index (Phi) is 4.96. The first kappa shape index (κ1) is 19.0. The molecule has 4 rings (SSSR count). The molecule has 1 aliphatic heterocycles. The Labute approximate surface area is 164 Å². The van der Waals surface area contributed by atoms with Gasteiger partial charge in [-0.3, -0.25) is 4.79 Å². The van der Waals surface area contributed by atoms with Gasteiger partial charge < -0.3 is 15.0 Å². The number of rotatable bonds is 4. The normalized spacial score (nSPS) is 16.8. The van der Waals surface area contributed by atoms with Crippen molar-refractivity contribution in [2.24, 2.45) is 0 Å². The lowest BCUT2D eigenvalue weighted by atomic mass is 10.1. The number of anilines is 2. The molecule has 1 fully saturated rings. The van der Waals surface area contributed by atoms with Crippen molar-refractivity contribution in [3.05, 3.63) is 54.9 Å². The van der Waals surface area contributed by atoms with Gasteiger partial charge in [-0.25, -0.2) is 9.97 Å². The molecule has 29 heavy (non-hydrogen) atoms. The van der Waals surface area contributed by atoms with Crippen molar-refractivity contribution >= 4 is 28.3 Å². The number of aromatic nitrogens is 2. The standard InChI is InChI=1S/C20H17F3N4O2/c21-20(22,23)29-14-9-7-13(8-10-14)26-19(28)17-6-3-11-27(17)18-15-4-1-2-5-16(15)24-12-25-18/h1-2,4-5,7-10,12,17H,3,6,11H2,(H,26,28)/t17-/m1/s1. The lowest BCUT2D eigenvalue weighted by Crippen LogP contribution is -2.40. The van der Waals surface area contributed by atoms with E-state index in [1.54, 1.807) is 0 Å². The summed E-state index contributed by atoms with van der Waals surface area (Å²) in [6, 6.07) is 12.2. The monoisotopic (exact) mass is 402 g/mol. The first-order valence-corrected chi connectivity index (χ1v) is 9.04. The van der Waals surface area contributed by atoms with Crippen LogP contribution in [0.1, 0.15) is 12.8 Å². The summed E-state index contributed by atoms with van der Waals surface area (Å²) >= 11 is 0. The highest BCUT2D eigenvalue weighted by Gasteiger charge is 2.33. The molecule has 2 aromatic carbocycles. The fraction of sp³-hybridized carbons (Fsp3) is 0.250. The summed E-state index contributed by atoms with van der Waals surface area (Å²) < 4.78 is 40.6. The summed E-state index contributed by atoms with van der Waals surface area (Å²) in [5.41, 5.74) is 1.19. The Morgan fingerprint density at radius 2 is 1.86 bits per heavy atom. The van der Waals surface area contributed by atoms with Crippen LogP contribution in [0.3, 0.4) is 0 Å².